The van der Waals surface area contributed by atoms with Gasteiger partial charge < -0.3 is 16.4 Å². The zero-order valence-corrected chi connectivity index (χ0v) is 21.9. The molecule has 1 aromatic heterocycles. The number of aliphatic imine (C=N–C) groups is 1. The molecule has 3 aromatic rings. The molecule has 38 heavy (non-hydrogen) atoms. The fourth-order valence-corrected chi connectivity index (χ4v) is 5.57. The third-order valence-electron chi connectivity index (χ3n) is 6.92. The van der Waals surface area contributed by atoms with Gasteiger partial charge in [0.1, 0.15) is 29.3 Å². The lowest BCUT2D eigenvalue weighted by Gasteiger charge is -2.43. The van der Waals surface area contributed by atoms with E-state index in [2.05, 4.69) is 25.7 Å². The quantitative estimate of drug-likeness (QED) is 0.452. The Bertz CT molecular complexity index is 1550. The van der Waals surface area contributed by atoms with Crippen LogP contribution in [0.15, 0.2) is 65.1 Å². The summed E-state index contributed by atoms with van der Waals surface area (Å²) in [6, 6.07) is 10.5. The van der Waals surface area contributed by atoms with Crippen LogP contribution in [0.25, 0.3) is 5.69 Å². The smallest absolute Gasteiger partial charge is 0.211 e. The Kier molecular flexibility index (Phi) is 6.53. The maximum absolute atomic E-state index is 15.0. The van der Waals surface area contributed by atoms with Crippen molar-refractivity contribution >= 4 is 21.7 Å². The van der Waals surface area contributed by atoms with Gasteiger partial charge in [-0.05, 0) is 49.2 Å². The Morgan fingerprint density at radius 1 is 1.21 bits per heavy atom. The van der Waals surface area contributed by atoms with Crippen LogP contribution >= 0.6 is 0 Å². The largest absolute Gasteiger partial charge is 0.329 e. The summed E-state index contributed by atoms with van der Waals surface area (Å²) in [6.45, 7) is 3.80. The van der Waals surface area contributed by atoms with Crippen LogP contribution in [0.4, 0.5) is 14.5 Å². The lowest BCUT2D eigenvalue weighted by molar-refractivity contribution is 0.348. The summed E-state index contributed by atoms with van der Waals surface area (Å²) in [7, 11) is -3.55. The molecule has 2 aliphatic heterocycles. The first-order valence-corrected chi connectivity index (χ1v) is 13.9. The highest BCUT2D eigenvalue weighted by atomic mass is 32.2. The first-order valence-electron chi connectivity index (χ1n) is 12.0. The summed E-state index contributed by atoms with van der Waals surface area (Å²) < 4.78 is 56.5. The third kappa shape index (κ3) is 4.79. The van der Waals surface area contributed by atoms with Crippen LogP contribution in [-0.2, 0) is 10.0 Å². The van der Waals surface area contributed by atoms with Gasteiger partial charge in [0, 0.05) is 36.0 Å². The number of anilines is 1. The van der Waals surface area contributed by atoms with Crippen molar-refractivity contribution in [2.24, 2.45) is 10.7 Å². The van der Waals surface area contributed by atoms with Crippen LogP contribution in [0.5, 0.6) is 0 Å². The number of guanidine groups is 1. The number of hydrogen-bond acceptors (Lipinski definition) is 8. The number of hydrogen-bond donors (Lipinski definition) is 3. The monoisotopic (exact) mass is 542 g/mol. The highest BCUT2D eigenvalue weighted by Crippen LogP contribution is 2.39. The molecule has 0 saturated carbocycles. The van der Waals surface area contributed by atoms with Crippen molar-refractivity contribution in [3.8, 4) is 5.69 Å². The standard InChI is InChI=1S/C25H28F2N8O2S/c1-4-25(28)20-13-34(38(3,36)37)12-19(16-5-7-17(26)8-6-16)23(20)32-24(33-25)31-18-9-10-22(21(27)11-18)35-15(2)29-14-30-35/h5-11,14,19H,4,12-13,28H2,1-3H3,(H2,31,32,33). The van der Waals surface area contributed by atoms with Crippen molar-refractivity contribution in [3.05, 3.63) is 83.1 Å². The molecule has 2 aromatic carbocycles. The zero-order valence-electron chi connectivity index (χ0n) is 21.1. The zero-order chi connectivity index (χ0) is 27.2. The molecule has 0 fully saturated rings. The van der Waals surface area contributed by atoms with Crippen molar-refractivity contribution < 1.29 is 17.2 Å². The molecule has 0 amide bonds. The number of halogens is 2. The lowest BCUT2D eigenvalue weighted by Crippen LogP contribution is -2.56. The molecule has 2 aliphatic rings. The number of nitrogens with two attached hydrogens (primary N) is 1. The van der Waals surface area contributed by atoms with E-state index in [0.29, 0.717) is 29.2 Å². The van der Waals surface area contributed by atoms with Crippen LogP contribution < -0.4 is 16.4 Å². The SMILES string of the molecule is CCC1(N)N=C(Nc2ccc(-n3ncnc3C)c(F)c2)NC2=C1CN(S(C)(=O)=O)CC2c1ccc(F)cc1. The average molecular weight is 543 g/mol. The molecule has 2 atom stereocenters. The van der Waals surface area contributed by atoms with Gasteiger partial charge in [0.15, 0.2) is 5.82 Å². The molecule has 3 heterocycles. The number of aromatic nitrogens is 3. The summed E-state index contributed by atoms with van der Waals surface area (Å²) in [5.41, 5.74) is 8.25. The van der Waals surface area contributed by atoms with E-state index in [9.17, 15) is 17.2 Å². The molecule has 0 aliphatic carbocycles. The van der Waals surface area contributed by atoms with Crippen LogP contribution in [0, 0.1) is 18.6 Å². The number of aryl methyl sites for hydroxylation is 1. The highest BCUT2D eigenvalue weighted by molar-refractivity contribution is 7.88. The van der Waals surface area contributed by atoms with Crippen LogP contribution in [0.2, 0.25) is 0 Å². The van der Waals surface area contributed by atoms with E-state index in [1.807, 2.05) is 6.92 Å². The van der Waals surface area contributed by atoms with Gasteiger partial charge in [0.25, 0.3) is 0 Å². The van der Waals surface area contributed by atoms with Crippen molar-refractivity contribution in [2.45, 2.75) is 31.8 Å². The fraction of sp³-hybridized carbons (Fsp3) is 0.320. The van der Waals surface area contributed by atoms with Crippen molar-refractivity contribution in [1.82, 2.24) is 24.4 Å². The Morgan fingerprint density at radius 3 is 2.55 bits per heavy atom. The Morgan fingerprint density at radius 2 is 1.95 bits per heavy atom. The maximum atomic E-state index is 15.0. The van der Waals surface area contributed by atoms with Gasteiger partial charge in [-0.1, -0.05) is 19.1 Å². The Hall–Kier alpha value is -3.68. The second-order valence-electron chi connectivity index (χ2n) is 9.43. The van der Waals surface area contributed by atoms with Crippen molar-refractivity contribution in [3.63, 3.8) is 0 Å². The molecular formula is C25H28F2N8O2S. The molecule has 2 unspecified atom stereocenters. The Labute approximate surface area is 219 Å². The lowest BCUT2D eigenvalue weighted by atomic mass is 9.83. The summed E-state index contributed by atoms with van der Waals surface area (Å²) >= 11 is 0. The highest BCUT2D eigenvalue weighted by Gasteiger charge is 2.43. The van der Waals surface area contributed by atoms with Gasteiger partial charge in [-0.2, -0.15) is 9.40 Å². The molecule has 0 spiro atoms. The summed E-state index contributed by atoms with van der Waals surface area (Å²) in [5.74, 6) is -0.527. The van der Waals surface area contributed by atoms with Crippen LogP contribution in [0.3, 0.4) is 0 Å². The van der Waals surface area contributed by atoms with E-state index < -0.39 is 33.2 Å². The van der Waals surface area contributed by atoms with Crippen LogP contribution in [-0.4, -0.2) is 58.5 Å². The molecule has 13 heteroatoms. The molecule has 10 nitrogen and oxygen atoms in total. The molecule has 0 saturated heterocycles. The molecule has 0 radical (unpaired) electrons. The molecule has 4 N–H and O–H groups in total. The van der Waals surface area contributed by atoms with Gasteiger partial charge in [0.05, 0.1) is 6.26 Å². The second kappa shape index (κ2) is 9.57. The van der Waals surface area contributed by atoms with E-state index in [1.54, 1.807) is 31.2 Å². The summed E-state index contributed by atoms with van der Waals surface area (Å²) in [5, 5.41) is 10.4. The molecule has 0 bridgehead atoms. The van der Waals surface area contributed by atoms with Crippen molar-refractivity contribution in [2.75, 3.05) is 24.7 Å². The van der Waals surface area contributed by atoms with Crippen LogP contribution in [0.1, 0.15) is 30.7 Å². The van der Waals surface area contributed by atoms with Gasteiger partial charge in [-0.25, -0.2) is 31.9 Å². The fourth-order valence-electron chi connectivity index (χ4n) is 4.79. The van der Waals surface area contributed by atoms with E-state index in [0.717, 1.165) is 11.8 Å². The third-order valence-corrected chi connectivity index (χ3v) is 8.13. The predicted molar refractivity (Wildman–Crippen MR) is 140 cm³/mol. The first kappa shape index (κ1) is 25.9. The number of nitrogens with zero attached hydrogens (tertiary/aromatic N) is 5. The van der Waals surface area contributed by atoms with Gasteiger partial charge >= 0.3 is 0 Å². The number of benzene rings is 2. The normalized spacial score (nSPS) is 22.1. The van der Waals surface area contributed by atoms with Gasteiger partial charge in [0.2, 0.25) is 16.0 Å². The minimum absolute atomic E-state index is 0.0700. The second-order valence-corrected chi connectivity index (χ2v) is 11.4. The number of nitrogens with one attached hydrogen (secondary N) is 2. The molecule has 200 valence electrons. The minimum Gasteiger partial charge on any atom is -0.329 e. The molecular weight excluding hydrogens is 514 g/mol. The molecule has 5 rings (SSSR count). The summed E-state index contributed by atoms with van der Waals surface area (Å²) in [4.78, 5) is 8.70. The van der Waals surface area contributed by atoms with Crippen molar-refractivity contribution in [1.29, 1.82) is 0 Å². The van der Waals surface area contributed by atoms with E-state index >= 15 is 0 Å². The van der Waals surface area contributed by atoms with E-state index in [-0.39, 0.29) is 24.7 Å². The topological polar surface area (TPSA) is 131 Å². The number of rotatable bonds is 5. The predicted octanol–water partition coefficient (Wildman–Crippen LogP) is 2.60. The number of sulfonamides is 1. The Balaban J connectivity index is 1.51. The van der Waals surface area contributed by atoms with Gasteiger partial charge in [-0.3, -0.25) is 0 Å². The van der Waals surface area contributed by atoms with Gasteiger partial charge in [-0.15, -0.1) is 0 Å². The minimum atomic E-state index is -3.55. The average Bonchev–Trinajstić information content (AvgIpc) is 3.29. The van der Waals surface area contributed by atoms with E-state index in [4.69, 9.17) is 5.73 Å². The maximum Gasteiger partial charge on any atom is 0.211 e. The van der Waals surface area contributed by atoms with E-state index in [1.165, 1.54) is 33.5 Å². The summed E-state index contributed by atoms with van der Waals surface area (Å²) in [6.07, 6.45) is 2.88. The first-order chi connectivity index (χ1) is 18.0.